The van der Waals surface area contributed by atoms with E-state index in [1.807, 2.05) is 0 Å². The van der Waals surface area contributed by atoms with E-state index in [0.717, 1.165) is 0 Å². The first kappa shape index (κ1) is 12.6. The maximum atomic E-state index is 11.7. The first-order valence-electron chi connectivity index (χ1n) is 5.34. The van der Waals surface area contributed by atoms with Gasteiger partial charge in [-0.15, -0.1) is 10.2 Å². The minimum absolute atomic E-state index is 0.0441. The minimum atomic E-state index is -0.496. The van der Waals surface area contributed by atoms with Gasteiger partial charge in [0.1, 0.15) is 0 Å². The van der Waals surface area contributed by atoms with Gasteiger partial charge in [0.05, 0.1) is 22.6 Å². The number of rotatable bonds is 4. The maximum absolute atomic E-state index is 11.7. The first-order valence-corrected chi connectivity index (χ1v) is 5.34. The maximum Gasteiger partial charge on any atom is 0.274 e. The van der Waals surface area contributed by atoms with Crippen molar-refractivity contribution in [2.45, 2.75) is 13.3 Å². The van der Waals surface area contributed by atoms with Crippen molar-refractivity contribution in [3.05, 3.63) is 39.7 Å². The Kier molecular flexibility index (Phi) is 3.46. The second-order valence-corrected chi connectivity index (χ2v) is 3.76. The van der Waals surface area contributed by atoms with E-state index in [0.29, 0.717) is 11.3 Å². The topological polar surface area (TPSA) is 127 Å². The third-order valence-corrected chi connectivity index (χ3v) is 2.48. The summed E-state index contributed by atoms with van der Waals surface area (Å²) in [6.45, 7) is 1.57. The number of benzene rings is 1. The number of nitro benzene ring substituents is 1. The number of amides is 1. The van der Waals surface area contributed by atoms with Gasteiger partial charge in [-0.3, -0.25) is 14.9 Å². The summed E-state index contributed by atoms with van der Waals surface area (Å²) < 4.78 is 0. The van der Waals surface area contributed by atoms with Crippen molar-refractivity contribution in [3.63, 3.8) is 0 Å². The van der Waals surface area contributed by atoms with E-state index in [2.05, 4.69) is 25.9 Å². The number of aromatic amines is 1. The van der Waals surface area contributed by atoms with Gasteiger partial charge in [0.2, 0.25) is 5.91 Å². The number of carbonyl (C=O) groups excluding carboxylic acids is 1. The minimum Gasteiger partial charge on any atom is -0.325 e. The Hall–Kier alpha value is -2.84. The quantitative estimate of drug-likeness (QED) is 0.613. The average Bonchev–Trinajstić information content (AvgIpc) is 2.84. The molecule has 98 valence electrons. The van der Waals surface area contributed by atoms with E-state index in [1.54, 1.807) is 13.0 Å². The standard InChI is InChI=1S/C10H10N6O3/c1-6-7(3-2-4-8(6)16(18)19)11-10(17)5-9-12-14-15-13-9/h2-4H,5H2,1H3,(H,11,17)(H,12,13,14,15). The van der Waals surface area contributed by atoms with Crippen molar-refractivity contribution < 1.29 is 9.72 Å². The van der Waals surface area contributed by atoms with Crippen molar-refractivity contribution in [2.24, 2.45) is 0 Å². The van der Waals surface area contributed by atoms with E-state index in [4.69, 9.17) is 0 Å². The number of hydrogen-bond donors (Lipinski definition) is 2. The molecule has 2 rings (SSSR count). The molecule has 2 aromatic rings. The highest BCUT2D eigenvalue weighted by atomic mass is 16.6. The number of nitro groups is 1. The fourth-order valence-electron chi connectivity index (χ4n) is 1.55. The second-order valence-electron chi connectivity index (χ2n) is 3.76. The molecule has 2 N–H and O–H groups in total. The van der Waals surface area contributed by atoms with E-state index < -0.39 is 4.92 Å². The van der Waals surface area contributed by atoms with Crippen molar-refractivity contribution in [1.29, 1.82) is 0 Å². The lowest BCUT2D eigenvalue weighted by Gasteiger charge is -2.07. The van der Waals surface area contributed by atoms with Crippen LogP contribution in [-0.2, 0) is 11.2 Å². The van der Waals surface area contributed by atoms with Crippen molar-refractivity contribution in [3.8, 4) is 0 Å². The van der Waals surface area contributed by atoms with Crippen LogP contribution in [0, 0.1) is 17.0 Å². The lowest BCUT2D eigenvalue weighted by molar-refractivity contribution is -0.385. The third kappa shape index (κ3) is 2.89. The van der Waals surface area contributed by atoms with E-state index >= 15 is 0 Å². The van der Waals surface area contributed by atoms with Crippen molar-refractivity contribution in [1.82, 2.24) is 20.6 Å². The predicted molar refractivity (Wildman–Crippen MR) is 64.3 cm³/mol. The van der Waals surface area contributed by atoms with Crippen LogP contribution in [0.15, 0.2) is 18.2 Å². The highest BCUT2D eigenvalue weighted by Gasteiger charge is 2.15. The summed E-state index contributed by atoms with van der Waals surface area (Å²) >= 11 is 0. The van der Waals surface area contributed by atoms with Gasteiger partial charge in [-0.05, 0) is 13.0 Å². The number of hydrogen-bond acceptors (Lipinski definition) is 6. The normalized spacial score (nSPS) is 10.2. The molecule has 9 nitrogen and oxygen atoms in total. The molecular formula is C10H10N6O3. The number of aromatic nitrogens is 4. The number of H-pyrrole nitrogens is 1. The Balaban J connectivity index is 2.13. The monoisotopic (exact) mass is 262 g/mol. The van der Waals surface area contributed by atoms with Gasteiger partial charge in [0, 0.05) is 6.07 Å². The summed E-state index contributed by atoms with van der Waals surface area (Å²) in [5.41, 5.74) is 0.744. The van der Waals surface area contributed by atoms with Crippen LogP contribution in [0.1, 0.15) is 11.4 Å². The number of nitrogens with one attached hydrogen (secondary N) is 2. The molecule has 0 saturated carbocycles. The van der Waals surface area contributed by atoms with Crippen LogP contribution in [0.25, 0.3) is 0 Å². The number of anilines is 1. The zero-order chi connectivity index (χ0) is 13.8. The molecule has 0 aliphatic heterocycles. The summed E-state index contributed by atoms with van der Waals surface area (Å²) in [7, 11) is 0. The summed E-state index contributed by atoms with van der Waals surface area (Å²) in [6.07, 6.45) is -0.0569. The highest BCUT2D eigenvalue weighted by Crippen LogP contribution is 2.24. The molecule has 0 fully saturated rings. The fraction of sp³-hybridized carbons (Fsp3) is 0.200. The summed E-state index contributed by atoms with van der Waals surface area (Å²) in [5.74, 6) is -0.120. The van der Waals surface area contributed by atoms with Crippen LogP contribution in [0.5, 0.6) is 0 Å². The van der Waals surface area contributed by atoms with E-state index in [-0.39, 0.29) is 23.8 Å². The molecule has 1 heterocycles. The molecule has 0 bridgehead atoms. The molecule has 0 aliphatic rings. The summed E-state index contributed by atoms with van der Waals surface area (Å²) in [4.78, 5) is 22.0. The molecule has 0 spiro atoms. The predicted octanol–water partition coefficient (Wildman–Crippen LogP) is 0.598. The summed E-state index contributed by atoms with van der Waals surface area (Å²) in [5, 5.41) is 26.2. The molecule has 19 heavy (non-hydrogen) atoms. The van der Waals surface area contributed by atoms with Crippen molar-refractivity contribution >= 4 is 17.3 Å². The second kappa shape index (κ2) is 5.21. The van der Waals surface area contributed by atoms with Crippen LogP contribution in [-0.4, -0.2) is 31.5 Å². The van der Waals surface area contributed by atoms with Crippen LogP contribution in [0.3, 0.4) is 0 Å². The van der Waals surface area contributed by atoms with Gasteiger partial charge < -0.3 is 5.32 Å². The Morgan fingerprint density at radius 3 is 2.95 bits per heavy atom. The van der Waals surface area contributed by atoms with Crippen LogP contribution in [0.4, 0.5) is 11.4 Å². The van der Waals surface area contributed by atoms with Crippen LogP contribution >= 0.6 is 0 Å². The van der Waals surface area contributed by atoms with Crippen molar-refractivity contribution in [2.75, 3.05) is 5.32 Å². The molecule has 1 amide bonds. The van der Waals surface area contributed by atoms with Gasteiger partial charge in [0.25, 0.3) is 5.69 Å². The van der Waals surface area contributed by atoms with Crippen LogP contribution < -0.4 is 5.32 Å². The molecule has 0 radical (unpaired) electrons. The molecule has 1 aromatic carbocycles. The number of nitrogens with zero attached hydrogens (tertiary/aromatic N) is 4. The van der Waals surface area contributed by atoms with Gasteiger partial charge in [-0.25, -0.2) is 0 Å². The van der Waals surface area contributed by atoms with Gasteiger partial charge in [0.15, 0.2) is 5.82 Å². The van der Waals surface area contributed by atoms with E-state index in [1.165, 1.54) is 12.1 Å². The molecule has 0 saturated heterocycles. The fourth-order valence-corrected chi connectivity index (χ4v) is 1.55. The molecule has 0 aliphatic carbocycles. The zero-order valence-corrected chi connectivity index (χ0v) is 9.95. The zero-order valence-electron chi connectivity index (χ0n) is 9.95. The summed E-state index contributed by atoms with van der Waals surface area (Å²) in [6, 6.07) is 4.48. The van der Waals surface area contributed by atoms with Gasteiger partial charge in [-0.1, -0.05) is 11.3 Å². The van der Waals surface area contributed by atoms with E-state index in [9.17, 15) is 14.9 Å². The van der Waals surface area contributed by atoms with Gasteiger partial charge >= 0.3 is 0 Å². The molecule has 0 unspecified atom stereocenters. The Morgan fingerprint density at radius 1 is 1.53 bits per heavy atom. The Labute approximate surface area is 107 Å². The third-order valence-electron chi connectivity index (χ3n) is 2.48. The largest absolute Gasteiger partial charge is 0.325 e. The average molecular weight is 262 g/mol. The molecule has 0 atom stereocenters. The van der Waals surface area contributed by atoms with Gasteiger partial charge in [-0.2, -0.15) is 5.21 Å². The molecular weight excluding hydrogens is 252 g/mol. The molecule has 1 aromatic heterocycles. The first-order chi connectivity index (χ1) is 9.08. The highest BCUT2D eigenvalue weighted by molar-refractivity contribution is 5.93. The SMILES string of the molecule is Cc1c(NC(=O)Cc2nn[nH]n2)cccc1[N+](=O)[O-]. The molecule has 9 heteroatoms. The number of carbonyl (C=O) groups is 1. The Bertz CT molecular complexity index is 610. The van der Waals surface area contributed by atoms with Crippen LogP contribution in [0.2, 0.25) is 0 Å². The Morgan fingerprint density at radius 2 is 2.32 bits per heavy atom. The lowest BCUT2D eigenvalue weighted by Crippen LogP contribution is -2.16. The number of tetrazole rings is 1. The smallest absolute Gasteiger partial charge is 0.274 e. The lowest BCUT2D eigenvalue weighted by atomic mass is 10.1.